The molecule has 4 rings (SSSR count). The summed E-state index contributed by atoms with van der Waals surface area (Å²) in [5.41, 5.74) is 5.37. The van der Waals surface area contributed by atoms with Gasteiger partial charge < -0.3 is 9.47 Å². The summed E-state index contributed by atoms with van der Waals surface area (Å²) >= 11 is 0. The molecule has 2 aromatic carbocycles. The van der Waals surface area contributed by atoms with E-state index in [0.29, 0.717) is 0 Å². The predicted octanol–water partition coefficient (Wildman–Crippen LogP) is 3.86. The number of aryl methyl sites for hydroxylation is 2. The van der Waals surface area contributed by atoms with E-state index in [2.05, 4.69) is 50.2 Å². The number of benzene rings is 2. The molecule has 0 saturated carbocycles. The third kappa shape index (κ3) is 2.79. The maximum atomic E-state index is 5.35. The monoisotopic (exact) mass is 268 g/mol. The Morgan fingerprint density at radius 1 is 0.700 bits per heavy atom. The minimum absolute atomic E-state index is 0.860. The van der Waals surface area contributed by atoms with Gasteiger partial charge in [0.2, 0.25) is 0 Å². The van der Waals surface area contributed by atoms with Crippen LogP contribution in [-0.4, -0.2) is 13.2 Å². The smallest absolute Gasteiger partial charge is 0.122 e. The Hall–Kier alpha value is -1.96. The fourth-order valence-corrected chi connectivity index (χ4v) is 2.63. The summed E-state index contributed by atoms with van der Waals surface area (Å²) in [6.45, 7) is 5.94. The first-order valence-electron chi connectivity index (χ1n) is 7.17. The lowest BCUT2D eigenvalue weighted by molar-refractivity contribution is 0.356. The first-order chi connectivity index (χ1) is 9.72. The topological polar surface area (TPSA) is 18.5 Å². The van der Waals surface area contributed by atoms with Crippen molar-refractivity contribution in [1.29, 1.82) is 0 Å². The molecule has 2 aromatic rings. The van der Waals surface area contributed by atoms with Crippen LogP contribution in [0.25, 0.3) is 0 Å². The molecule has 0 aliphatic carbocycles. The highest BCUT2D eigenvalue weighted by molar-refractivity contribution is 5.39. The van der Waals surface area contributed by atoms with Crippen molar-refractivity contribution in [2.75, 3.05) is 13.2 Å². The van der Waals surface area contributed by atoms with Gasteiger partial charge in [-0.05, 0) is 37.1 Å². The van der Waals surface area contributed by atoms with Crippen LogP contribution in [0.15, 0.2) is 36.4 Å². The van der Waals surface area contributed by atoms with Crippen LogP contribution < -0.4 is 9.47 Å². The van der Waals surface area contributed by atoms with E-state index in [4.69, 9.17) is 9.47 Å². The Morgan fingerprint density at radius 2 is 1.15 bits per heavy atom. The van der Waals surface area contributed by atoms with Crippen LogP contribution in [0.3, 0.4) is 0 Å². The summed E-state index contributed by atoms with van der Waals surface area (Å²) < 4.78 is 10.7. The van der Waals surface area contributed by atoms with E-state index >= 15 is 0 Å². The van der Waals surface area contributed by atoms with Crippen molar-refractivity contribution in [2.45, 2.75) is 26.7 Å². The fourth-order valence-electron chi connectivity index (χ4n) is 2.63. The largest absolute Gasteiger partial charge is 0.493 e. The van der Waals surface area contributed by atoms with Gasteiger partial charge in [-0.1, -0.05) is 35.4 Å². The third-order valence-corrected chi connectivity index (χ3v) is 3.69. The number of hydrogen-bond acceptors (Lipinski definition) is 2. The highest BCUT2D eigenvalue weighted by Crippen LogP contribution is 2.25. The van der Waals surface area contributed by atoms with Gasteiger partial charge in [-0.15, -0.1) is 0 Å². The molecule has 0 spiro atoms. The van der Waals surface area contributed by atoms with Gasteiger partial charge in [-0.2, -0.15) is 0 Å². The van der Waals surface area contributed by atoms with Crippen LogP contribution in [0.4, 0.5) is 0 Å². The van der Waals surface area contributed by atoms with Crippen molar-refractivity contribution in [2.24, 2.45) is 0 Å². The van der Waals surface area contributed by atoms with Crippen molar-refractivity contribution in [3.63, 3.8) is 0 Å². The second-order valence-corrected chi connectivity index (χ2v) is 5.42. The molecule has 104 valence electrons. The van der Waals surface area contributed by atoms with E-state index in [1.165, 1.54) is 22.3 Å². The first kappa shape index (κ1) is 13.0. The molecule has 0 atom stereocenters. The van der Waals surface area contributed by atoms with Crippen LogP contribution in [0.5, 0.6) is 11.5 Å². The maximum Gasteiger partial charge on any atom is 0.122 e. The molecule has 0 saturated heterocycles. The zero-order valence-electron chi connectivity index (χ0n) is 12.1. The third-order valence-electron chi connectivity index (χ3n) is 3.69. The van der Waals surface area contributed by atoms with Crippen LogP contribution in [0, 0.1) is 13.8 Å². The summed E-state index contributed by atoms with van der Waals surface area (Å²) in [5, 5.41) is 0. The Morgan fingerprint density at radius 3 is 1.60 bits per heavy atom. The van der Waals surface area contributed by atoms with E-state index < -0.39 is 0 Å². The first-order valence-corrected chi connectivity index (χ1v) is 7.17. The molecule has 20 heavy (non-hydrogen) atoms. The van der Waals surface area contributed by atoms with Crippen LogP contribution in [-0.2, 0) is 12.8 Å². The molecule has 0 amide bonds. The summed E-state index contributed by atoms with van der Waals surface area (Å²) in [5.74, 6) is 2.15. The van der Waals surface area contributed by atoms with Gasteiger partial charge in [0.25, 0.3) is 0 Å². The van der Waals surface area contributed by atoms with E-state index in [1.807, 2.05) is 0 Å². The van der Waals surface area contributed by atoms with Crippen molar-refractivity contribution >= 4 is 0 Å². The molecule has 2 heterocycles. The molecular formula is C18H20O2. The normalized spacial score (nSPS) is 14.5. The standard InChI is InChI=1S/2C9H10O/c2*1-7-2-3-9-8(6-7)4-5-10-9/h2*2-3,6H,4-5H2,1H3. The van der Waals surface area contributed by atoms with Gasteiger partial charge in [0.15, 0.2) is 0 Å². The van der Waals surface area contributed by atoms with Gasteiger partial charge in [0.05, 0.1) is 13.2 Å². The molecule has 2 heteroatoms. The lowest BCUT2D eigenvalue weighted by Gasteiger charge is -1.97. The average molecular weight is 268 g/mol. The van der Waals surface area contributed by atoms with Crippen molar-refractivity contribution in [3.05, 3.63) is 58.7 Å². The van der Waals surface area contributed by atoms with Crippen molar-refractivity contribution in [1.82, 2.24) is 0 Å². The summed E-state index contributed by atoms with van der Waals surface area (Å²) in [7, 11) is 0. The molecule has 0 unspecified atom stereocenters. The maximum absolute atomic E-state index is 5.35. The van der Waals surface area contributed by atoms with Crippen molar-refractivity contribution in [3.8, 4) is 11.5 Å². The number of hydrogen-bond donors (Lipinski definition) is 0. The molecule has 2 aliphatic rings. The van der Waals surface area contributed by atoms with E-state index in [0.717, 1.165) is 37.6 Å². The summed E-state index contributed by atoms with van der Waals surface area (Å²) in [6.07, 6.45) is 2.16. The highest BCUT2D eigenvalue weighted by Gasteiger charge is 2.10. The molecule has 0 N–H and O–H groups in total. The van der Waals surface area contributed by atoms with E-state index in [9.17, 15) is 0 Å². The Kier molecular flexibility index (Phi) is 3.64. The number of rotatable bonds is 0. The van der Waals surface area contributed by atoms with Gasteiger partial charge in [-0.3, -0.25) is 0 Å². The van der Waals surface area contributed by atoms with Crippen LogP contribution >= 0.6 is 0 Å². The van der Waals surface area contributed by atoms with E-state index in [-0.39, 0.29) is 0 Å². The number of fused-ring (bicyclic) bond motifs is 2. The summed E-state index contributed by atoms with van der Waals surface area (Å²) in [6, 6.07) is 12.7. The Labute approximate surface area is 120 Å². The SMILES string of the molecule is Cc1ccc2c(c1)CCO2.Cc1ccc2c(c1)CCO2. The summed E-state index contributed by atoms with van der Waals surface area (Å²) in [4.78, 5) is 0. The minimum atomic E-state index is 0.860. The molecular weight excluding hydrogens is 248 g/mol. The molecule has 0 bridgehead atoms. The van der Waals surface area contributed by atoms with Crippen molar-refractivity contribution < 1.29 is 9.47 Å². The second kappa shape index (κ2) is 5.58. The zero-order valence-corrected chi connectivity index (χ0v) is 12.1. The average Bonchev–Trinajstić information content (AvgIpc) is 3.06. The minimum Gasteiger partial charge on any atom is -0.493 e. The highest BCUT2D eigenvalue weighted by atomic mass is 16.5. The molecule has 0 aromatic heterocycles. The Balaban J connectivity index is 0.000000121. The lowest BCUT2D eigenvalue weighted by atomic mass is 10.1. The molecule has 0 radical (unpaired) electrons. The molecule has 0 fully saturated rings. The van der Waals surface area contributed by atoms with E-state index in [1.54, 1.807) is 0 Å². The predicted molar refractivity (Wildman–Crippen MR) is 80.8 cm³/mol. The van der Waals surface area contributed by atoms with Gasteiger partial charge in [0, 0.05) is 12.8 Å². The van der Waals surface area contributed by atoms with Crippen LogP contribution in [0.1, 0.15) is 22.3 Å². The van der Waals surface area contributed by atoms with Crippen LogP contribution in [0.2, 0.25) is 0 Å². The quantitative estimate of drug-likeness (QED) is 0.722. The fraction of sp³-hybridized carbons (Fsp3) is 0.333. The lowest BCUT2D eigenvalue weighted by Crippen LogP contribution is -1.85. The zero-order chi connectivity index (χ0) is 13.9. The molecule has 2 nitrogen and oxygen atoms in total. The molecule has 2 aliphatic heterocycles. The second-order valence-electron chi connectivity index (χ2n) is 5.42. The van der Waals surface area contributed by atoms with Gasteiger partial charge >= 0.3 is 0 Å². The number of ether oxygens (including phenoxy) is 2. The Bertz CT molecular complexity index is 561. The van der Waals surface area contributed by atoms with Gasteiger partial charge in [0.1, 0.15) is 11.5 Å². The van der Waals surface area contributed by atoms with Gasteiger partial charge in [-0.25, -0.2) is 0 Å².